The second kappa shape index (κ2) is 6.15. The fourth-order valence-corrected chi connectivity index (χ4v) is 2.52. The summed E-state index contributed by atoms with van der Waals surface area (Å²) in [4.78, 5) is 21.4. The van der Waals surface area contributed by atoms with Crippen LogP contribution in [-0.2, 0) is 0 Å². The molecule has 1 N–H and O–H groups in total. The van der Waals surface area contributed by atoms with E-state index in [0.29, 0.717) is 18.1 Å². The van der Waals surface area contributed by atoms with E-state index in [0.717, 1.165) is 25.7 Å². The summed E-state index contributed by atoms with van der Waals surface area (Å²) in [5.74, 6) is -2.44. The third-order valence-corrected chi connectivity index (χ3v) is 3.83. The van der Waals surface area contributed by atoms with Crippen LogP contribution < -0.4 is 5.32 Å². The van der Waals surface area contributed by atoms with Crippen LogP contribution in [0.4, 0.5) is 14.5 Å². The summed E-state index contributed by atoms with van der Waals surface area (Å²) in [5.41, 5.74) is -1.48. The molecule has 0 spiro atoms. The molecule has 1 aromatic carbocycles. The van der Waals surface area contributed by atoms with E-state index in [2.05, 4.69) is 12.2 Å². The predicted molar refractivity (Wildman–Crippen MR) is 71.9 cm³/mol. The van der Waals surface area contributed by atoms with Crippen LogP contribution in [0.2, 0.25) is 0 Å². The second-order valence-corrected chi connectivity index (χ2v) is 5.47. The summed E-state index contributed by atoms with van der Waals surface area (Å²) in [6.45, 7) is 2.13. The van der Waals surface area contributed by atoms with Crippen LogP contribution >= 0.6 is 0 Å². The van der Waals surface area contributed by atoms with Crippen molar-refractivity contribution in [3.8, 4) is 0 Å². The Balaban J connectivity index is 2.12. The minimum Gasteiger partial charge on any atom is -0.349 e. The molecule has 1 amide bonds. The lowest BCUT2D eigenvalue weighted by molar-refractivity contribution is -0.387. The first-order valence-corrected chi connectivity index (χ1v) is 6.82. The van der Waals surface area contributed by atoms with Gasteiger partial charge in [0, 0.05) is 6.04 Å². The van der Waals surface area contributed by atoms with E-state index in [1.807, 2.05) is 0 Å². The van der Waals surface area contributed by atoms with Gasteiger partial charge in [0.2, 0.25) is 5.82 Å². The lowest BCUT2D eigenvalue weighted by Gasteiger charge is -2.26. The van der Waals surface area contributed by atoms with Crippen molar-refractivity contribution in [2.45, 2.75) is 38.6 Å². The maximum absolute atomic E-state index is 13.7. The lowest BCUT2D eigenvalue weighted by atomic mass is 9.87. The monoisotopic (exact) mass is 298 g/mol. The number of nitro groups is 1. The standard InChI is InChI=1S/C14H16F2N2O3/c1-8-2-4-9(5-3-8)17-14(19)10-6-12(16)13(18(20)21)7-11(10)15/h6-9H,2-5H2,1H3,(H,17,19). The Labute approximate surface area is 120 Å². The van der Waals surface area contributed by atoms with Crippen LogP contribution in [0.25, 0.3) is 0 Å². The van der Waals surface area contributed by atoms with Crippen molar-refractivity contribution < 1.29 is 18.5 Å². The number of nitrogens with one attached hydrogen (secondary N) is 1. The number of benzene rings is 1. The van der Waals surface area contributed by atoms with E-state index in [-0.39, 0.29) is 6.04 Å². The van der Waals surface area contributed by atoms with Gasteiger partial charge in [0.25, 0.3) is 5.91 Å². The first-order chi connectivity index (χ1) is 9.88. The molecule has 0 aromatic heterocycles. The Hall–Kier alpha value is -2.05. The van der Waals surface area contributed by atoms with Gasteiger partial charge in [0.15, 0.2) is 0 Å². The third-order valence-electron chi connectivity index (χ3n) is 3.83. The molecular formula is C14H16F2N2O3. The quantitative estimate of drug-likeness (QED) is 0.688. The highest BCUT2D eigenvalue weighted by atomic mass is 19.1. The van der Waals surface area contributed by atoms with E-state index >= 15 is 0 Å². The molecule has 0 saturated heterocycles. The molecule has 1 aliphatic carbocycles. The van der Waals surface area contributed by atoms with Crippen molar-refractivity contribution in [3.63, 3.8) is 0 Å². The van der Waals surface area contributed by atoms with Gasteiger partial charge < -0.3 is 5.32 Å². The van der Waals surface area contributed by atoms with Gasteiger partial charge in [-0.25, -0.2) is 4.39 Å². The minimum atomic E-state index is -1.22. The fourth-order valence-electron chi connectivity index (χ4n) is 2.52. The number of amides is 1. The first-order valence-electron chi connectivity index (χ1n) is 6.82. The van der Waals surface area contributed by atoms with Gasteiger partial charge in [0.1, 0.15) is 5.82 Å². The third kappa shape index (κ3) is 3.53. The van der Waals surface area contributed by atoms with Gasteiger partial charge in [-0.15, -0.1) is 0 Å². The van der Waals surface area contributed by atoms with Gasteiger partial charge in [-0.1, -0.05) is 6.92 Å². The van der Waals surface area contributed by atoms with Crippen LogP contribution in [0.3, 0.4) is 0 Å². The van der Waals surface area contributed by atoms with Crippen LogP contribution in [0, 0.1) is 27.7 Å². The summed E-state index contributed by atoms with van der Waals surface area (Å²) in [5, 5.41) is 13.2. The molecule has 1 aliphatic rings. The summed E-state index contributed by atoms with van der Waals surface area (Å²) < 4.78 is 27.2. The van der Waals surface area contributed by atoms with Gasteiger partial charge in [-0.2, -0.15) is 4.39 Å². The molecule has 21 heavy (non-hydrogen) atoms. The molecule has 1 fully saturated rings. The fraction of sp³-hybridized carbons (Fsp3) is 0.500. The molecule has 0 aliphatic heterocycles. The van der Waals surface area contributed by atoms with Crippen LogP contribution in [0.15, 0.2) is 12.1 Å². The first kappa shape index (κ1) is 15.3. The van der Waals surface area contributed by atoms with Crippen LogP contribution in [0.5, 0.6) is 0 Å². The molecule has 0 heterocycles. The summed E-state index contributed by atoms with van der Waals surface area (Å²) in [7, 11) is 0. The number of hydrogen-bond acceptors (Lipinski definition) is 3. The van der Waals surface area contributed by atoms with Crippen molar-refractivity contribution in [3.05, 3.63) is 39.4 Å². The number of rotatable bonds is 3. The number of carbonyl (C=O) groups is 1. The summed E-state index contributed by atoms with van der Waals surface area (Å²) in [6.07, 6.45) is 3.54. The number of hydrogen-bond donors (Lipinski definition) is 1. The molecule has 2 rings (SSSR count). The van der Waals surface area contributed by atoms with Crippen molar-refractivity contribution in [1.29, 1.82) is 0 Å². The lowest BCUT2D eigenvalue weighted by Crippen LogP contribution is -2.37. The molecule has 0 unspecified atom stereocenters. The van der Waals surface area contributed by atoms with E-state index in [4.69, 9.17) is 0 Å². The van der Waals surface area contributed by atoms with Crippen molar-refractivity contribution in [1.82, 2.24) is 5.32 Å². The van der Waals surface area contributed by atoms with Crippen molar-refractivity contribution in [2.24, 2.45) is 5.92 Å². The van der Waals surface area contributed by atoms with Crippen molar-refractivity contribution >= 4 is 11.6 Å². The van der Waals surface area contributed by atoms with Gasteiger partial charge in [0.05, 0.1) is 16.6 Å². The Morgan fingerprint density at radius 1 is 1.24 bits per heavy atom. The molecule has 1 aromatic rings. The maximum Gasteiger partial charge on any atom is 0.307 e. The average Bonchev–Trinajstić information content (AvgIpc) is 2.43. The molecule has 0 radical (unpaired) electrons. The molecular weight excluding hydrogens is 282 g/mol. The van der Waals surface area contributed by atoms with Gasteiger partial charge >= 0.3 is 5.69 Å². The zero-order valence-corrected chi connectivity index (χ0v) is 11.6. The van der Waals surface area contributed by atoms with Gasteiger partial charge in [-0.05, 0) is 37.7 Å². The Morgan fingerprint density at radius 3 is 2.43 bits per heavy atom. The highest BCUT2D eigenvalue weighted by Crippen LogP contribution is 2.25. The van der Waals surface area contributed by atoms with E-state index in [1.165, 1.54) is 0 Å². The molecule has 1 saturated carbocycles. The zero-order chi connectivity index (χ0) is 15.6. The Morgan fingerprint density at radius 2 is 1.86 bits per heavy atom. The molecule has 0 bridgehead atoms. The SMILES string of the molecule is CC1CCC(NC(=O)c2cc(F)c([N+](=O)[O-])cc2F)CC1. The highest BCUT2D eigenvalue weighted by molar-refractivity contribution is 5.95. The molecule has 114 valence electrons. The summed E-state index contributed by atoms with van der Waals surface area (Å²) in [6, 6.07) is 0.952. The van der Waals surface area contributed by atoms with E-state index < -0.39 is 33.7 Å². The Bertz CT molecular complexity index is 570. The van der Waals surface area contributed by atoms with E-state index in [9.17, 15) is 23.7 Å². The normalized spacial score (nSPS) is 21.9. The molecule has 5 nitrogen and oxygen atoms in total. The zero-order valence-electron chi connectivity index (χ0n) is 11.6. The number of nitrogens with zero attached hydrogens (tertiary/aromatic N) is 1. The minimum absolute atomic E-state index is 0.0636. The summed E-state index contributed by atoms with van der Waals surface area (Å²) >= 11 is 0. The average molecular weight is 298 g/mol. The van der Waals surface area contributed by atoms with Gasteiger partial charge in [-0.3, -0.25) is 14.9 Å². The van der Waals surface area contributed by atoms with E-state index in [1.54, 1.807) is 0 Å². The number of carbonyl (C=O) groups excluding carboxylic acids is 1. The number of halogens is 2. The van der Waals surface area contributed by atoms with Crippen LogP contribution in [-0.4, -0.2) is 16.9 Å². The predicted octanol–water partition coefficient (Wildman–Crippen LogP) is 3.18. The topological polar surface area (TPSA) is 72.2 Å². The van der Waals surface area contributed by atoms with Crippen molar-refractivity contribution in [2.75, 3.05) is 0 Å². The molecule has 0 atom stereocenters. The number of nitro benzene ring substituents is 1. The molecule has 7 heteroatoms. The maximum atomic E-state index is 13.7. The Kier molecular flexibility index (Phi) is 4.50. The smallest absolute Gasteiger partial charge is 0.307 e. The largest absolute Gasteiger partial charge is 0.349 e. The van der Waals surface area contributed by atoms with Crippen LogP contribution in [0.1, 0.15) is 43.0 Å². The second-order valence-electron chi connectivity index (χ2n) is 5.47. The highest BCUT2D eigenvalue weighted by Gasteiger charge is 2.25.